The number of aldehydes is 1. The van der Waals surface area contributed by atoms with Crippen molar-refractivity contribution in [3.05, 3.63) is 35.9 Å². The van der Waals surface area contributed by atoms with Crippen LogP contribution in [0.5, 0.6) is 0 Å². The predicted molar refractivity (Wildman–Crippen MR) is 120 cm³/mol. The van der Waals surface area contributed by atoms with E-state index in [2.05, 4.69) is 4.99 Å². The maximum absolute atomic E-state index is 13.3. The summed E-state index contributed by atoms with van der Waals surface area (Å²) in [6.45, 7) is 1.88. The molecule has 32 heavy (non-hydrogen) atoms. The van der Waals surface area contributed by atoms with Crippen molar-refractivity contribution in [2.24, 2.45) is 22.2 Å². The van der Waals surface area contributed by atoms with Crippen molar-refractivity contribution in [1.82, 2.24) is 9.80 Å². The summed E-state index contributed by atoms with van der Waals surface area (Å²) in [5.74, 6) is -1.53. The molecule has 1 fully saturated rings. The molecule has 0 spiro atoms. The molecule has 0 bridgehead atoms. The van der Waals surface area contributed by atoms with Crippen LogP contribution in [0.1, 0.15) is 38.2 Å². The van der Waals surface area contributed by atoms with Crippen molar-refractivity contribution < 1.29 is 19.2 Å². The molecular formula is C22H32N6O4. The highest BCUT2D eigenvalue weighted by atomic mass is 16.2. The fourth-order valence-electron chi connectivity index (χ4n) is 3.93. The number of imide groups is 1. The first-order valence-electron chi connectivity index (χ1n) is 10.7. The SMILES string of the molecule is CC(=O)N(C(=O)[C@@H]1CCCN1C(=O)[C@H](N)Cc1ccccc1)[C@H](C=O)CCCN=C(N)N. The van der Waals surface area contributed by atoms with Crippen LogP contribution in [0.25, 0.3) is 0 Å². The normalized spacial score (nSPS) is 17.3. The molecular weight excluding hydrogens is 412 g/mol. The number of hydrogen-bond acceptors (Lipinski definition) is 6. The Morgan fingerprint density at radius 3 is 2.53 bits per heavy atom. The van der Waals surface area contributed by atoms with Gasteiger partial charge in [-0.15, -0.1) is 0 Å². The molecule has 6 N–H and O–H groups in total. The van der Waals surface area contributed by atoms with Crippen LogP contribution in [0.2, 0.25) is 0 Å². The topological polar surface area (TPSA) is 165 Å². The van der Waals surface area contributed by atoms with Crippen molar-refractivity contribution in [3.63, 3.8) is 0 Å². The summed E-state index contributed by atoms with van der Waals surface area (Å²) in [6.07, 6.45) is 2.56. The molecule has 0 radical (unpaired) electrons. The van der Waals surface area contributed by atoms with Gasteiger partial charge in [0.05, 0.1) is 12.1 Å². The van der Waals surface area contributed by atoms with E-state index in [1.54, 1.807) is 0 Å². The Morgan fingerprint density at radius 2 is 1.94 bits per heavy atom. The van der Waals surface area contributed by atoms with Crippen molar-refractivity contribution >= 4 is 30.0 Å². The van der Waals surface area contributed by atoms with Crippen molar-refractivity contribution in [2.45, 2.75) is 57.2 Å². The number of likely N-dealkylation sites (tertiary alicyclic amines) is 1. The highest BCUT2D eigenvalue weighted by Crippen LogP contribution is 2.22. The number of nitrogens with zero attached hydrogens (tertiary/aromatic N) is 3. The summed E-state index contributed by atoms with van der Waals surface area (Å²) >= 11 is 0. The molecule has 0 saturated carbocycles. The number of nitrogens with two attached hydrogens (primary N) is 3. The van der Waals surface area contributed by atoms with E-state index in [0.29, 0.717) is 38.5 Å². The smallest absolute Gasteiger partial charge is 0.252 e. The third-order valence-corrected chi connectivity index (χ3v) is 5.45. The highest BCUT2D eigenvalue weighted by Gasteiger charge is 2.41. The molecule has 3 atom stereocenters. The van der Waals surface area contributed by atoms with Gasteiger partial charge < -0.3 is 26.9 Å². The molecule has 174 valence electrons. The number of carbonyl (C=O) groups is 4. The monoisotopic (exact) mass is 444 g/mol. The van der Waals surface area contributed by atoms with E-state index >= 15 is 0 Å². The molecule has 1 saturated heterocycles. The van der Waals surface area contributed by atoms with Gasteiger partial charge in [0, 0.05) is 20.0 Å². The molecule has 1 heterocycles. The van der Waals surface area contributed by atoms with Gasteiger partial charge in [-0.1, -0.05) is 30.3 Å². The fraction of sp³-hybridized carbons (Fsp3) is 0.500. The van der Waals surface area contributed by atoms with Crippen LogP contribution in [0, 0.1) is 0 Å². The third-order valence-electron chi connectivity index (χ3n) is 5.45. The molecule has 0 aromatic heterocycles. The van der Waals surface area contributed by atoms with E-state index in [-0.39, 0.29) is 24.8 Å². The third kappa shape index (κ3) is 6.61. The van der Waals surface area contributed by atoms with Gasteiger partial charge in [-0.25, -0.2) is 0 Å². The number of hydrogen-bond donors (Lipinski definition) is 3. The minimum Gasteiger partial charge on any atom is -0.370 e. The van der Waals surface area contributed by atoms with Crippen LogP contribution in [-0.4, -0.2) is 71.0 Å². The average molecular weight is 445 g/mol. The van der Waals surface area contributed by atoms with Crippen LogP contribution in [0.3, 0.4) is 0 Å². The summed E-state index contributed by atoms with van der Waals surface area (Å²) in [5.41, 5.74) is 17.6. The first-order chi connectivity index (χ1) is 15.3. The molecule has 2 rings (SSSR count). The number of carbonyl (C=O) groups excluding carboxylic acids is 4. The second-order valence-corrected chi connectivity index (χ2v) is 7.87. The predicted octanol–water partition coefficient (Wildman–Crippen LogP) is -0.456. The molecule has 0 aliphatic carbocycles. The molecule has 1 aliphatic heterocycles. The summed E-state index contributed by atoms with van der Waals surface area (Å²) in [7, 11) is 0. The summed E-state index contributed by atoms with van der Waals surface area (Å²) in [5, 5.41) is 0. The lowest BCUT2D eigenvalue weighted by atomic mass is 10.0. The molecule has 1 aliphatic rings. The maximum atomic E-state index is 13.3. The summed E-state index contributed by atoms with van der Waals surface area (Å²) < 4.78 is 0. The number of aliphatic imine (C=N–C) groups is 1. The fourth-order valence-corrected chi connectivity index (χ4v) is 3.93. The lowest BCUT2D eigenvalue weighted by molar-refractivity contribution is -0.154. The Morgan fingerprint density at radius 1 is 1.25 bits per heavy atom. The number of rotatable bonds is 10. The van der Waals surface area contributed by atoms with E-state index in [1.165, 1.54) is 11.8 Å². The highest BCUT2D eigenvalue weighted by molar-refractivity contribution is 6.01. The number of guanidine groups is 1. The lowest BCUT2D eigenvalue weighted by Crippen LogP contribution is -2.55. The Labute approximate surface area is 187 Å². The van der Waals surface area contributed by atoms with Crippen molar-refractivity contribution in [3.8, 4) is 0 Å². The molecule has 10 nitrogen and oxygen atoms in total. The van der Waals surface area contributed by atoms with E-state index < -0.39 is 29.9 Å². The molecule has 0 unspecified atom stereocenters. The van der Waals surface area contributed by atoms with Crippen LogP contribution in [0.4, 0.5) is 0 Å². The average Bonchev–Trinajstić information content (AvgIpc) is 3.25. The van der Waals surface area contributed by atoms with Gasteiger partial charge >= 0.3 is 0 Å². The standard InChI is InChI=1S/C22H32N6O4/c1-15(30)28(17(14-29)9-5-11-26-22(24)25)21(32)19-10-6-12-27(19)20(31)18(23)13-16-7-3-2-4-8-16/h2-4,7-8,14,17-19H,5-6,9-13,23H2,1H3,(H4,24,25,26)/t17-,18+,19-/m0/s1. The van der Waals surface area contributed by atoms with Crippen molar-refractivity contribution in [2.75, 3.05) is 13.1 Å². The number of amides is 3. The van der Waals surface area contributed by atoms with Crippen molar-refractivity contribution in [1.29, 1.82) is 0 Å². The summed E-state index contributed by atoms with van der Waals surface area (Å²) in [4.78, 5) is 56.5. The zero-order valence-corrected chi connectivity index (χ0v) is 18.4. The Hall–Kier alpha value is -3.27. The zero-order valence-electron chi connectivity index (χ0n) is 18.4. The van der Waals surface area contributed by atoms with Gasteiger partial charge in [0.2, 0.25) is 11.8 Å². The number of benzene rings is 1. The second kappa shape index (κ2) is 11.9. The maximum Gasteiger partial charge on any atom is 0.252 e. The van der Waals surface area contributed by atoms with Gasteiger partial charge in [0.25, 0.3) is 5.91 Å². The van der Waals surface area contributed by atoms with Gasteiger partial charge in [0.15, 0.2) is 5.96 Å². The van der Waals surface area contributed by atoms with E-state index in [4.69, 9.17) is 17.2 Å². The Kier molecular flexibility index (Phi) is 9.33. The quantitative estimate of drug-likeness (QED) is 0.190. The van der Waals surface area contributed by atoms with Crippen LogP contribution in [-0.2, 0) is 25.6 Å². The van der Waals surface area contributed by atoms with Crippen LogP contribution in [0.15, 0.2) is 35.3 Å². The van der Waals surface area contributed by atoms with E-state index in [9.17, 15) is 19.2 Å². The molecule has 3 amide bonds. The van der Waals surface area contributed by atoms with E-state index in [1.807, 2.05) is 30.3 Å². The largest absolute Gasteiger partial charge is 0.370 e. The lowest BCUT2D eigenvalue weighted by Gasteiger charge is -2.32. The minimum absolute atomic E-state index is 0.0703. The van der Waals surface area contributed by atoms with Gasteiger partial charge in [0.1, 0.15) is 12.3 Å². The van der Waals surface area contributed by atoms with Gasteiger partial charge in [-0.05, 0) is 37.7 Å². The Balaban J connectivity index is 2.10. The first-order valence-corrected chi connectivity index (χ1v) is 10.7. The van der Waals surface area contributed by atoms with Crippen LogP contribution < -0.4 is 17.2 Å². The van der Waals surface area contributed by atoms with Crippen LogP contribution >= 0.6 is 0 Å². The second-order valence-electron chi connectivity index (χ2n) is 7.87. The zero-order chi connectivity index (χ0) is 23.7. The molecule has 1 aromatic rings. The Bertz CT molecular complexity index is 840. The molecule has 1 aromatic carbocycles. The van der Waals surface area contributed by atoms with E-state index in [0.717, 1.165) is 10.5 Å². The van der Waals surface area contributed by atoms with Gasteiger partial charge in [-0.3, -0.25) is 24.3 Å². The summed E-state index contributed by atoms with van der Waals surface area (Å²) in [6, 6.07) is 6.79. The molecule has 10 heteroatoms. The first kappa shape index (κ1) is 25.0. The van der Waals surface area contributed by atoms with Gasteiger partial charge in [-0.2, -0.15) is 0 Å². The minimum atomic E-state index is -0.954.